The molecule has 0 spiro atoms. The third-order valence-electron chi connectivity index (χ3n) is 4.19. The molecule has 0 unspecified atom stereocenters. The number of benzene rings is 1. The smallest absolute Gasteiger partial charge is 0.252 e. The normalized spacial score (nSPS) is 32.6. The van der Waals surface area contributed by atoms with Gasteiger partial charge in [0.05, 0.1) is 0 Å². The van der Waals surface area contributed by atoms with Crippen LogP contribution in [0.25, 0.3) is 0 Å². The molecular formula is C14H17NO. The van der Waals surface area contributed by atoms with E-state index in [1.807, 2.05) is 18.2 Å². The summed E-state index contributed by atoms with van der Waals surface area (Å²) in [7, 11) is 0. The monoisotopic (exact) mass is 215 g/mol. The molecule has 1 fully saturated rings. The Balaban J connectivity index is 2.13. The van der Waals surface area contributed by atoms with Gasteiger partial charge in [-0.15, -0.1) is 0 Å². The first-order chi connectivity index (χ1) is 7.71. The van der Waals surface area contributed by atoms with Crippen molar-refractivity contribution in [2.45, 2.75) is 44.1 Å². The van der Waals surface area contributed by atoms with Crippen LogP contribution in [0.5, 0.6) is 0 Å². The molecule has 0 aromatic heterocycles. The highest BCUT2D eigenvalue weighted by atomic mass is 16.1. The number of nitrogens with one attached hydrogen (secondary N) is 1. The van der Waals surface area contributed by atoms with E-state index in [1.165, 1.54) is 24.8 Å². The Bertz CT molecular complexity index is 440. The van der Waals surface area contributed by atoms with Crippen LogP contribution in [0.15, 0.2) is 24.3 Å². The molecule has 1 heterocycles. The summed E-state index contributed by atoms with van der Waals surface area (Å²) in [6.45, 7) is 2.20. The Labute approximate surface area is 96.1 Å². The van der Waals surface area contributed by atoms with Crippen LogP contribution in [-0.4, -0.2) is 11.4 Å². The molecule has 0 bridgehead atoms. The maximum Gasteiger partial charge on any atom is 0.252 e. The molecule has 1 aliphatic carbocycles. The van der Waals surface area contributed by atoms with Gasteiger partial charge in [-0.2, -0.15) is 0 Å². The maximum absolute atomic E-state index is 12.0. The van der Waals surface area contributed by atoms with Crippen LogP contribution < -0.4 is 5.32 Å². The second-order valence-electron chi connectivity index (χ2n) is 5.26. The lowest BCUT2D eigenvalue weighted by Crippen LogP contribution is -2.55. The summed E-state index contributed by atoms with van der Waals surface area (Å²) in [5.74, 6) is 0.617. The van der Waals surface area contributed by atoms with Crippen LogP contribution in [0, 0.1) is 0 Å². The summed E-state index contributed by atoms with van der Waals surface area (Å²) in [4.78, 5) is 12.0. The predicted molar refractivity (Wildman–Crippen MR) is 63.5 cm³/mol. The number of hydrogen-bond donors (Lipinski definition) is 1. The van der Waals surface area contributed by atoms with Crippen molar-refractivity contribution in [2.24, 2.45) is 0 Å². The number of carbonyl (C=O) groups excluding carboxylic acids is 1. The summed E-state index contributed by atoms with van der Waals surface area (Å²) < 4.78 is 0. The lowest BCUT2D eigenvalue weighted by Gasteiger charge is -2.46. The zero-order valence-corrected chi connectivity index (χ0v) is 9.62. The molecule has 1 amide bonds. The third kappa shape index (κ3) is 1.29. The minimum absolute atomic E-state index is 0.0102. The first kappa shape index (κ1) is 9.88. The summed E-state index contributed by atoms with van der Waals surface area (Å²) >= 11 is 0. The van der Waals surface area contributed by atoms with Crippen molar-refractivity contribution < 1.29 is 4.79 Å². The number of fused-ring (bicyclic) bond motifs is 3. The molecule has 1 saturated carbocycles. The molecule has 1 aromatic rings. The highest BCUT2D eigenvalue weighted by Crippen LogP contribution is 2.44. The lowest BCUT2D eigenvalue weighted by atomic mass is 9.67. The minimum Gasteiger partial charge on any atom is -0.346 e. The summed E-state index contributed by atoms with van der Waals surface area (Å²) in [5.41, 5.74) is 2.13. The van der Waals surface area contributed by atoms with Crippen molar-refractivity contribution in [3.8, 4) is 0 Å². The molecule has 0 radical (unpaired) electrons. The van der Waals surface area contributed by atoms with Crippen LogP contribution in [-0.2, 0) is 0 Å². The van der Waals surface area contributed by atoms with Gasteiger partial charge in [-0.3, -0.25) is 4.79 Å². The van der Waals surface area contributed by atoms with Crippen molar-refractivity contribution in [3.05, 3.63) is 35.4 Å². The number of rotatable bonds is 0. The standard InChI is InChI=1S/C14H17NO/c1-14-9-5-4-8-12(14)10-6-2-3-7-11(10)13(16)15-14/h2-3,6-7,12H,4-5,8-9H2,1H3,(H,15,16)/t12-,14-/m1/s1. The highest BCUT2D eigenvalue weighted by molar-refractivity contribution is 5.97. The third-order valence-corrected chi connectivity index (χ3v) is 4.19. The van der Waals surface area contributed by atoms with Crippen LogP contribution in [0.2, 0.25) is 0 Å². The van der Waals surface area contributed by atoms with Gasteiger partial charge in [0.15, 0.2) is 0 Å². The van der Waals surface area contributed by atoms with Crippen LogP contribution in [0.3, 0.4) is 0 Å². The zero-order valence-electron chi connectivity index (χ0n) is 9.62. The van der Waals surface area contributed by atoms with Crippen molar-refractivity contribution >= 4 is 5.91 Å². The van der Waals surface area contributed by atoms with Gasteiger partial charge in [-0.05, 0) is 31.4 Å². The Morgan fingerprint density at radius 2 is 2.12 bits per heavy atom. The molecule has 2 heteroatoms. The van der Waals surface area contributed by atoms with Crippen molar-refractivity contribution in [3.63, 3.8) is 0 Å². The van der Waals surface area contributed by atoms with E-state index < -0.39 is 0 Å². The van der Waals surface area contributed by atoms with E-state index in [1.54, 1.807) is 0 Å². The highest BCUT2D eigenvalue weighted by Gasteiger charge is 2.43. The largest absolute Gasteiger partial charge is 0.346 e. The molecule has 2 aliphatic rings. The molecular weight excluding hydrogens is 198 g/mol. The molecule has 0 saturated heterocycles. The SMILES string of the molecule is C[C@@]12CCCC[C@@H]1c1ccccc1C(=O)N2. The van der Waals surface area contributed by atoms with Gasteiger partial charge in [0, 0.05) is 17.0 Å². The number of carbonyl (C=O) groups is 1. The number of hydrogen-bond acceptors (Lipinski definition) is 1. The van der Waals surface area contributed by atoms with Gasteiger partial charge in [0.2, 0.25) is 0 Å². The summed E-state index contributed by atoms with van der Waals surface area (Å²) in [6, 6.07) is 8.07. The Hall–Kier alpha value is -1.31. The van der Waals surface area contributed by atoms with Gasteiger partial charge in [-0.25, -0.2) is 0 Å². The summed E-state index contributed by atoms with van der Waals surface area (Å²) in [6.07, 6.45) is 4.82. The van der Waals surface area contributed by atoms with E-state index in [0.717, 1.165) is 12.0 Å². The first-order valence-electron chi connectivity index (χ1n) is 6.12. The Kier molecular flexibility index (Phi) is 2.06. The Morgan fingerprint density at radius 3 is 3.00 bits per heavy atom. The van der Waals surface area contributed by atoms with Crippen molar-refractivity contribution in [2.75, 3.05) is 0 Å². The molecule has 2 atom stereocenters. The van der Waals surface area contributed by atoms with E-state index in [0.29, 0.717) is 5.92 Å². The van der Waals surface area contributed by atoms with Gasteiger partial charge in [0.1, 0.15) is 0 Å². The van der Waals surface area contributed by atoms with E-state index in [2.05, 4.69) is 18.3 Å². The van der Waals surface area contributed by atoms with Crippen LogP contribution in [0.4, 0.5) is 0 Å². The minimum atomic E-state index is -0.0102. The average molecular weight is 215 g/mol. The maximum atomic E-state index is 12.0. The average Bonchev–Trinajstić information content (AvgIpc) is 2.28. The number of amides is 1. The first-order valence-corrected chi connectivity index (χ1v) is 6.12. The van der Waals surface area contributed by atoms with E-state index in [-0.39, 0.29) is 11.4 Å². The molecule has 84 valence electrons. The van der Waals surface area contributed by atoms with Crippen LogP contribution >= 0.6 is 0 Å². The molecule has 1 N–H and O–H groups in total. The van der Waals surface area contributed by atoms with Gasteiger partial charge >= 0.3 is 0 Å². The molecule has 1 aromatic carbocycles. The predicted octanol–water partition coefficient (Wildman–Crippen LogP) is 2.85. The second kappa shape index (κ2) is 3.34. The lowest BCUT2D eigenvalue weighted by molar-refractivity contribution is 0.0829. The summed E-state index contributed by atoms with van der Waals surface area (Å²) in [5, 5.41) is 3.21. The zero-order chi connectivity index (χ0) is 11.2. The van der Waals surface area contributed by atoms with E-state index in [4.69, 9.17) is 0 Å². The molecule has 2 nitrogen and oxygen atoms in total. The fourth-order valence-corrected chi connectivity index (χ4v) is 3.32. The van der Waals surface area contributed by atoms with Crippen molar-refractivity contribution in [1.29, 1.82) is 0 Å². The fraction of sp³-hybridized carbons (Fsp3) is 0.500. The van der Waals surface area contributed by atoms with E-state index in [9.17, 15) is 4.79 Å². The molecule has 16 heavy (non-hydrogen) atoms. The van der Waals surface area contributed by atoms with Gasteiger partial charge in [0.25, 0.3) is 5.91 Å². The molecule has 1 aliphatic heterocycles. The van der Waals surface area contributed by atoms with Gasteiger partial charge in [-0.1, -0.05) is 31.0 Å². The molecule has 3 rings (SSSR count). The van der Waals surface area contributed by atoms with E-state index >= 15 is 0 Å². The van der Waals surface area contributed by atoms with Crippen molar-refractivity contribution in [1.82, 2.24) is 5.32 Å². The fourth-order valence-electron chi connectivity index (χ4n) is 3.32. The quantitative estimate of drug-likeness (QED) is 0.708. The topological polar surface area (TPSA) is 29.1 Å². The van der Waals surface area contributed by atoms with Crippen LogP contribution in [0.1, 0.15) is 54.4 Å². The Morgan fingerprint density at radius 1 is 1.31 bits per heavy atom. The second-order valence-corrected chi connectivity index (χ2v) is 5.26. The van der Waals surface area contributed by atoms with Gasteiger partial charge < -0.3 is 5.32 Å².